The second-order valence-corrected chi connectivity index (χ2v) is 4.12. The van der Waals surface area contributed by atoms with E-state index < -0.39 is 5.97 Å². The maximum atomic E-state index is 11.7. The molecule has 1 aromatic rings. The fourth-order valence-electron chi connectivity index (χ4n) is 1.48. The van der Waals surface area contributed by atoms with Gasteiger partial charge in [-0.3, -0.25) is 0 Å². The highest BCUT2D eigenvalue weighted by molar-refractivity contribution is 5.87. The molecule has 0 bridgehead atoms. The number of esters is 1. The zero-order valence-electron chi connectivity index (χ0n) is 9.57. The van der Waals surface area contributed by atoms with Crippen LogP contribution in [0.3, 0.4) is 0 Å². The summed E-state index contributed by atoms with van der Waals surface area (Å²) in [7, 11) is 0. The maximum Gasteiger partial charge on any atom is 0.359 e. The number of hydrogen-bond acceptors (Lipinski definition) is 7. The molecule has 1 aromatic heterocycles. The molecule has 2 aliphatic rings. The Labute approximate surface area is 103 Å². The molecule has 7 heteroatoms. The Hall–Kier alpha value is -1.73. The highest BCUT2D eigenvalue weighted by Gasteiger charge is 2.25. The molecule has 0 atom stereocenters. The fourth-order valence-corrected chi connectivity index (χ4v) is 1.48. The van der Waals surface area contributed by atoms with Crippen LogP contribution in [0.15, 0.2) is 12.3 Å². The van der Waals surface area contributed by atoms with Crippen LogP contribution in [0.5, 0.6) is 5.75 Å². The smallest absolute Gasteiger partial charge is 0.359 e. The standard InChI is InChI=1S/C11H12N2O5/c14-11(18-9-5-16-6-9)10-1-7(2-12-13-10)17-8-3-15-4-8/h1-2,8-9H,3-6H2. The summed E-state index contributed by atoms with van der Waals surface area (Å²) < 4.78 is 20.6. The van der Waals surface area contributed by atoms with Gasteiger partial charge in [-0.2, -0.15) is 5.10 Å². The van der Waals surface area contributed by atoms with Crippen molar-refractivity contribution in [2.75, 3.05) is 26.4 Å². The Morgan fingerprint density at radius 2 is 1.94 bits per heavy atom. The molecule has 0 spiro atoms. The second-order valence-electron chi connectivity index (χ2n) is 4.12. The summed E-state index contributed by atoms with van der Waals surface area (Å²) in [6.45, 7) is 1.99. The lowest BCUT2D eigenvalue weighted by atomic mass is 10.3. The number of carbonyl (C=O) groups excluding carboxylic acids is 1. The van der Waals surface area contributed by atoms with E-state index in [0.29, 0.717) is 32.2 Å². The average Bonchev–Trinajstić information content (AvgIpc) is 2.29. The third-order valence-corrected chi connectivity index (χ3v) is 2.63. The predicted molar refractivity (Wildman–Crippen MR) is 57.3 cm³/mol. The monoisotopic (exact) mass is 252 g/mol. The zero-order chi connectivity index (χ0) is 12.4. The number of hydrogen-bond donors (Lipinski definition) is 0. The lowest BCUT2D eigenvalue weighted by Crippen LogP contribution is -2.39. The topological polar surface area (TPSA) is 79.8 Å². The van der Waals surface area contributed by atoms with Crippen LogP contribution in [0.1, 0.15) is 10.5 Å². The van der Waals surface area contributed by atoms with Crippen molar-refractivity contribution in [3.05, 3.63) is 18.0 Å². The second kappa shape index (κ2) is 4.87. The third kappa shape index (κ3) is 2.41. The zero-order valence-corrected chi connectivity index (χ0v) is 9.57. The van der Waals surface area contributed by atoms with E-state index in [9.17, 15) is 4.79 Å². The number of ether oxygens (including phenoxy) is 4. The molecule has 18 heavy (non-hydrogen) atoms. The molecule has 0 aromatic carbocycles. The van der Waals surface area contributed by atoms with Crippen LogP contribution >= 0.6 is 0 Å². The Morgan fingerprint density at radius 1 is 1.22 bits per heavy atom. The molecule has 0 amide bonds. The van der Waals surface area contributed by atoms with Crippen molar-refractivity contribution < 1.29 is 23.7 Å². The van der Waals surface area contributed by atoms with Crippen LogP contribution < -0.4 is 4.74 Å². The van der Waals surface area contributed by atoms with Gasteiger partial charge in [-0.15, -0.1) is 5.10 Å². The molecule has 2 aliphatic heterocycles. The quantitative estimate of drug-likeness (QED) is 0.687. The minimum Gasteiger partial charge on any atom is -0.484 e. The van der Waals surface area contributed by atoms with Gasteiger partial charge in [0.2, 0.25) is 0 Å². The van der Waals surface area contributed by atoms with E-state index in [-0.39, 0.29) is 17.9 Å². The normalized spacial score (nSPS) is 19.8. The van der Waals surface area contributed by atoms with Gasteiger partial charge in [0.1, 0.15) is 18.0 Å². The van der Waals surface area contributed by atoms with Crippen molar-refractivity contribution in [1.29, 1.82) is 0 Å². The molecule has 0 aliphatic carbocycles. The first-order valence-electron chi connectivity index (χ1n) is 5.67. The van der Waals surface area contributed by atoms with Gasteiger partial charge in [0.25, 0.3) is 0 Å². The fraction of sp³-hybridized carbons (Fsp3) is 0.545. The van der Waals surface area contributed by atoms with Gasteiger partial charge in [-0.1, -0.05) is 0 Å². The van der Waals surface area contributed by atoms with Crippen molar-refractivity contribution in [1.82, 2.24) is 10.2 Å². The molecule has 0 unspecified atom stereocenters. The van der Waals surface area contributed by atoms with Gasteiger partial charge in [0.05, 0.1) is 32.6 Å². The van der Waals surface area contributed by atoms with Crippen molar-refractivity contribution >= 4 is 5.97 Å². The minimum absolute atomic E-state index is 0.0260. The first kappa shape index (κ1) is 11.4. The van der Waals surface area contributed by atoms with Crippen molar-refractivity contribution in [2.24, 2.45) is 0 Å². The molecule has 96 valence electrons. The minimum atomic E-state index is -0.508. The van der Waals surface area contributed by atoms with E-state index in [1.54, 1.807) is 0 Å². The Kier molecular flexibility index (Phi) is 3.07. The Balaban J connectivity index is 1.63. The van der Waals surface area contributed by atoms with Crippen LogP contribution in [0.2, 0.25) is 0 Å². The summed E-state index contributed by atoms with van der Waals surface area (Å²) in [4.78, 5) is 11.7. The van der Waals surface area contributed by atoms with E-state index in [1.807, 2.05) is 0 Å². The average molecular weight is 252 g/mol. The molecule has 0 saturated carbocycles. The molecule has 3 rings (SSSR count). The summed E-state index contributed by atoms with van der Waals surface area (Å²) in [5, 5.41) is 7.45. The summed E-state index contributed by atoms with van der Waals surface area (Å²) in [5.41, 5.74) is 0.139. The van der Waals surface area contributed by atoms with Gasteiger partial charge in [0, 0.05) is 6.07 Å². The molecule has 0 N–H and O–H groups in total. The van der Waals surface area contributed by atoms with E-state index in [4.69, 9.17) is 18.9 Å². The van der Waals surface area contributed by atoms with Crippen molar-refractivity contribution in [3.63, 3.8) is 0 Å². The number of carbonyl (C=O) groups is 1. The lowest BCUT2D eigenvalue weighted by Gasteiger charge is -2.27. The Morgan fingerprint density at radius 3 is 2.56 bits per heavy atom. The molecule has 0 radical (unpaired) electrons. The van der Waals surface area contributed by atoms with Gasteiger partial charge < -0.3 is 18.9 Å². The summed E-state index contributed by atoms with van der Waals surface area (Å²) in [6, 6.07) is 1.52. The molecule has 2 saturated heterocycles. The van der Waals surface area contributed by atoms with Crippen LogP contribution in [0.25, 0.3) is 0 Å². The van der Waals surface area contributed by atoms with Crippen LogP contribution in [-0.2, 0) is 14.2 Å². The number of aromatic nitrogens is 2. The number of rotatable bonds is 4. The van der Waals surface area contributed by atoms with Gasteiger partial charge >= 0.3 is 5.97 Å². The van der Waals surface area contributed by atoms with Gasteiger partial charge in [0.15, 0.2) is 5.69 Å². The lowest BCUT2D eigenvalue weighted by molar-refractivity contribution is -0.103. The maximum absolute atomic E-state index is 11.7. The third-order valence-electron chi connectivity index (χ3n) is 2.63. The van der Waals surface area contributed by atoms with Crippen LogP contribution in [0, 0.1) is 0 Å². The predicted octanol–water partition coefficient (Wildman–Crippen LogP) is -0.190. The molecular formula is C11H12N2O5. The highest BCUT2D eigenvalue weighted by atomic mass is 16.6. The van der Waals surface area contributed by atoms with Crippen LogP contribution in [0.4, 0.5) is 0 Å². The van der Waals surface area contributed by atoms with Gasteiger partial charge in [-0.05, 0) is 0 Å². The SMILES string of the molecule is O=C(OC1COC1)c1cc(OC2COC2)cnn1. The Bertz CT molecular complexity index is 445. The summed E-state index contributed by atoms with van der Waals surface area (Å²) >= 11 is 0. The van der Waals surface area contributed by atoms with E-state index >= 15 is 0 Å². The number of nitrogens with zero attached hydrogens (tertiary/aromatic N) is 2. The molecular weight excluding hydrogens is 240 g/mol. The van der Waals surface area contributed by atoms with E-state index in [0.717, 1.165) is 0 Å². The highest BCUT2D eigenvalue weighted by Crippen LogP contribution is 2.16. The molecule has 7 nitrogen and oxygen atoms in total. The first-order valence-corrected chi connectivity index (χ1v) is 5.67. The van der Waals surface area contributed by atoms with Crippen molar-refractivity contribution in [2.45, 2.75) is 12.2 Å². The molecule has 2 fully saturated rings. The van der Waals surface area contributed by atoms with E-state index in [1.165, 1.54) is 12.3 Å². The first-order chi connectivity index (χ1) is 8.81. The summed E-state index contributed by atoms with van der Waals surface area (Å²) in [6.07, 6.45) is 1.31. The van der Waals surface area contributed by atoms with E-state index in [2.05, 4.69) is 10.2 Å². The van der Waals surface area contributed by atoms with Crippen molar-refractivity contribution in [3.8, 4) is 5.75 Å². The summed E-state index contributed by atoms with van der Waals surface area (Å²) in [5.74, 6) is -0.0128. The van der Waals surface area contributed by atoms with Crippen LogP contribution in [-0.4, -0.2) is 54.8 Å². The van der Waals surface area contributed by atoms with Gasteiger partial charge in [-0.25, -0.2) is 4.79 Å². The largest absolute Gasteiger partial charge is 0.484 e. The molecule has 3 heterocycles.